The summed E-state index contributed by atoms with van der Waals surface area (Å²) in [6.07, 6.45) is 1.96. The molecule has 9 nitrogen and oxygen atoms in total. The SMILES string of the molecule is O=C(CCn1nc(-c2cccs2)oc1=O)NNC(=O)CN1CCCc2ccccc21. The van der Waals surface area contributed by atoms with E-state index in [1.807, 2.05) is 34.5 Å². The van der Waals surface area contributed by atoms with Crippen molar-refractivity contribution in [3.63, 3.8) is 0 Å². The van der Waals surface area contributed by atoms with Gasteiger partial charge >= 0.3 is 5.76 Å². The number of aromatic nitrogens is 2. The molecule has 2 amide bonds. The number of amides is 2. The minimum atomic E-state index is -0.626. The Hall–Kier alpha value is -3.40. The molecule has 4 rings (SSSR count). The monoisotopic (exact) mass is 427 g/mol. The van der Waals surface area contributed by atoms with Crippen LogP contribution in [0.25, 0.3) is 10.8 Å². The molecule has 2 N–H and O–H groups in total. The zero-order valence-corrected chi connectivity index (χ0v) is 17.0. The average molecular weight is 427 g/mol. The van der Waals surface area contributed by atoms with E-state index >= 15 is 0 Å². The van der Waals surface area contributed by atoms with Crippen LogP contribution in [0, 0.1) is 0 Å². The summed E-state index contributed by atoms with van der Waals surface area (Å²) in [4.78, 5) is 38.9. The molecule has 10 heteroatoms. The number of nitrogens with zero attached hydrogens (tertiary/aromatic N) is 3. The molecule has 0 saturated carbocycles. The molecular weight excluding hydrogens is 406 g/mol. The van der Waals surface area contributed by atoms with Crippen LogP contribution in [0.2, 0.25) is 0 Å². The number of fused-ring (bicyclic) bond motifs is 1. The fourth-order valence-electron chi connectivity index (χ4n) is 3.35. The number of aryl methyl sites for hydroxylation is 2. The Morgan fingerprint density at radius 1 is 1.13 bits per heavy atom. The predicted molar refractivity (Wildman–Crippen MR) is 112 cm³/mol. The average Bonchev–Trinajstić information content (AvgIpc) is 3.41. The van der Waals surface area contributed by atoms with Gasteiger partial charge in [0.05, 0.1) is 18.0 Å². The first-order valence-electron chi connectivity index (χ1n) is 9.62. The Bertz CT molecular complexity index is 1090. The number of carbonyl (C=O) groups excluding carboxylic acids is 2. The van der Waals surface area contributed by atoms with Crippen molar-refractivity contribution in [3.8, 4) is 10.8 Å². The molecule has 0 bridgehead atoms. The van der Waals surface area contributed by atoms with E-state index in [0.717, 1.165) is 34.6 Å². The van der Waals surface area contributed by atoms with E-state index in [1.54, 1.807) is 6.07 Å². The molecule has 156 valence electrons. The van der Waals surface area contributed by atoms with E-state index in [1.165, 1.54) is 16.9 Å². The number of hydrazine groups is 1. The van der Waals surface area contributed by atoms with Gasteiger partial charge in [0.1, 0.15) is 0 Å². The number of para-hydroxylation sites is 1. The Kier molecular flexibility index (Phi) is 5.94. The molecule has 3 heterocycles. The number of carbonyl (C=O) groups is 2. The van der Waals surface area contributed by atoms with Crippen LogP contribution in [-0.4, -0.2) is 34.7 Å². The largest absolute Gasteiger partial charge is 0.437 e. The molecule has 0 spiro atoms. The van der Waals surface area contributed by atoms with E-state index in [0.29, 0.717) is 0 Å². The fourth-order valence-corrected chi connectivity index (χ4v) is 3.99. The standard InChI is InChI=1S/C20H21N5O4S/c26-17(9-11-25-20(28)29-19(23-25)16-8-4-12-30-16)21-22-18(27)13-24-10-3-6-14-5-1-2-7-15(14)24/h1-2,4-5,7-8,12H,3,6,9-11,13H2,(H,21,26)(H,22,27). The van der Waals surface area contributed by atoms with Gasteiger partial charge in [0.25, 0.3) is 11.8 Å². The highest BCUT2D eigenvalue weighted by Crippen LogP contribution is 2.26. The van der Waals surface area contributed by atoms with Crippen molar-refractivity contribution in [3.05, 3.63) is 57.9 Å². The topological polar surface area (TPSA) is 109 Å². The molecular formula is C20H21N5O4S. The second-order valence-electron chi connectivity index (χ2n) is 6.87. The van der Waals surface area contributed by atoms with Gasteiger partial charge in [-0.25, -0.2) is 4.79 Å². The summed E-state index contributed by atoms with van der Waals surface area (Å²) in [6.45, 7) is 0.999. The van der Waals surface area contributed by atoms with Crippen molar-refractivity contribution in [2.45, 2.75) is 25.8 Å². The highest BCUT2D eigenvalue weighted by Gasteiger charge is 2.19. The van der Waals surface area contributed by atoms with Gasteiger partial charge in [0.15, 0.2) is 0 Å². The van der Waals surface area contributed by atoms with Gasteiger partial charge in [-0.1, -0.05) is 24.3 Å². The zero-order valence-electron chi connectivity index (χ0n) is 16.2. The summed E-state index contributed by atoms with van der Waals surface area (Å²) in [7, 11) is 0. The Labute approximate surface area is 176 Å². The van der Waals surface area contributed by atoms with Crippen molar-refractivity contribution in [2.24, 2.45) is 0 Å². The van der Waals surface area contributed by atoms with Crippen LogP contribution >= 0.6 is 11.3 Å². The maximum Gasteiger partial charge on any atom is 0.437 e. The summed E-state index contributed by atoms with van der Waals surface area (Å²) < 4.78 is 6.20. The van der Waals surface area contributed by atoms with Gasteiger partial charge in [0, 0.05) is 18.7 Å². The van der Waals surface area contributed by atoms with Crippen LogP contribution in [0.15, 0.2) is 51.0 Å². The zero-order chi connectivity index (χ0) is 20.9. The predicted octanol–water partition coefficient (Wildman–Crippen LogP) is 1.56. The number of hydrogen-bond donors (Lipinski definition) is 2. The van der Waals surface area contributed by atoms with Crippen molar-refractivity contribution in [1.29, 1.82) is 0 Å². The molecule has 3 aromatic rings. The maximum absolute atomic E-state index is 12.2. The second-order valence-corrected chi connectivity index (χ2v) is 7.82. The van der Waals surface area contributed by atoms with Crippen LogP contribution in [0.3, 0.4) is 0 Å². The summed E-state index contributed by atoms with van der Waals surface area (Å²) in [5.41, 5.74) is 7.09. The maximum atomic E-state index is 12.2. The molecule has 0 atom stereocenters. The first-order chi connectivity index (χ1) is 14.6. The minimum Gasteiger partial charge on any atom is -0.387 e. The second kappa shape index (κ2) is 8.95. The van der Waals surface area contributed by atoms with Gasteiger partial charge in [-0.3, -0.25) is 20.4 Å². The molecule has 2 aromatic heterocycles. The van der Waals surface area contributed by atoms with Crippen molar-refractivity contribution in [2.75, 3.05) is 18.0 Å². The highest BCUT2D eigenvalue weighted by atomic mass is 32.1. The first-order valence-corrected chi connectivity index (χ1v) is 10.5. The summed E-state index contributed by atoms with van der Waals surface area (Å²) in [5, 5.41) is 5.95. The molecule has 0 radical (unpaired) electrons. The van der Waals surface area contributed by atoms with E-state index in [2.05, 4.69) is 22.0 Å². The summed E-state index contributed by atoms with van der Waals surface area (Å²) >= 11 is 1.40. The lowest BCUT2D eigenvalue weighted by Crippen LogP contribution is -2.47. The third-order valence-electron chi connectivity index (χ3n) is 4.77. The molecule has 0 saturated heterocycles. The summed E-state index contributed by atoms with van der Waals surface area (Å²) in [6, 6.07) is 11.6. The van der Waals surface area contributed by atoms with Crippen molar-refractivity contribution < 1.29 is 14.0 Å². The smallest absolute Gasteiger partial charge is 0.387 e. The van der Waals surface area contributed by atoms with Crippen LogP contribution in [0.4, 0.5) is 5.69 Å². The van der Waals surface area contributed by atoms with E-state index in [4.69, 9.17) is 4.42 Å². The first kappa shape index (κ1) is 19.9. The molecule has 1 aliphatic heterocycles. The van der Waals surface area contributed by atoms with Crippen molar-refractivity contribution in [1.82, 2.24) is 20.6 Å². The molecule has 0 fully saturated rings. The summed E-state index contributed by atoms with van der Waals surface area (Å²) in [5.74, 6) is -1.13. The molecule has 0 unspecified atom stereocenters. The lowest BCUT2D eigenvalue weighted by molar-refractivity contribution is -0.128. The number of benzene rings is 1. The number of hydrogen-bond acceptors (Lipinski definition) is 7. The number of anilines is 1. The molecule has 1 aliphatic rings. The molecule has 0 aliphatic carbocycles. The van der Waals surface area contributed by atoms with Gasteiger partial charge in [-0.15, -0.1) is 16.4 Å². The lowest BCUT2D eigenvalue weighted by atomic mass is 10.0. The highest BCUT2D eigenvalue weighted by molar-refractivity contribution is 7.13. The third-order valence-corrected chi connectivity index (χ3v) is 5.63. The Balaban J connectivity index is 1.25. The lowest BCUT2D eigenvalue weighted by Gasteiger charge is -2.30. The Morgan fingerprint density at radius 3 is 2.80 bits per heavy atom. The van der Waals surface area contributed by atoms with E-state index < -0.39 is 11.7 Å². The Morgan fingerprint density at radius 2 is 1.97 bits per heavy atom. The van der Waals surface area contributed by atoms with E-state index in [-0.39, 0.29) is 31.3 Å². The molecule has 30 heavy (non-hydrogen) atoms. The van der Waals surface area contributed by atoms with Crippen LogP contribution in [-0.2, 0) is 22.6 Å². The van der Waals surface area contributed by atoms with Crippen LogP contribution in [0.5, 0.6) is 0 Å². The van der Waals surface area contributed by atoms with Crippen LogP contribution < -0.4 is 21.5 Å². The van der Waals surface area contributed by atoms with Gasteiger partial charge in [-0.2, -0.15) is 4.68 Å². The minimum absolute atomic E-state index is 0.0247. The van der Waals surface area contributed by atoms with Crippen LogP contribution in [0.1, 0.15) is 18.4 Å². The fraction of sp³-hybridized carbons (Fsp3) is 0.300. The van der Waals surface area contributed by atoms with E-state index in [9.17, 15) is 14.4 Å². The quantitative estimate of drug-likeness (QED) is 0.578. The third kappa shape index (κ3) is 4.60. The van der Waals surface area contributed by atoms with Gasteiger partial charge < -0.3 is 9.32 Å². The normalized spacial score (nSPS) is 13.0. The molecule has 1 aromatic carbocycles. The van der Waals surface area contributed by atoms with Gasteiger partial charge in [0.2, 0.25) is 5.91 Å². The number of nitrogens with one attached hydrogen (secondary N) is 2. The number of thiophene rings is 1. The van der Waals surface area contributed by atoms with Gasteiger partial charge in [-0.05, 0) is 35.9 Å². The number of rotatable bonds is 6. The van der Waals surface area contributed by atoms with Crippen molar-refractivity contribution >= 4 is 28.8 Å².